The van der Waals surface area contributed by atoms with E-state index < -0.39 is 0 Å². The average molecular weight is 483 g/mol. The lowest BCUT2D eigenvalue weighted by Crippen LogP contribution is -2.37. The molecule has 0 bridgehead atoms. The van der Waals surface area contributed by atoms with Gasteiger partial charge < -0.3 is 20.1 Å². The third-order valence-corrected chi connectivity index (χ3v) is 4.03. The van der Waals surface area contributed by atoms with Crippen LogP contribution in [-0.2, 0) is 13.0 Å². The van der Waals surface area contributed by atoms with Crippen molar-refractivity contribution in [3.05, 3.63) is 59.2 Å². The van der Waals surface area contributed by atoms with Gasteiger partial charge in [-0.3, -0.25) is 4.99 Å². The van der Waals surface area contributed by atoms with E-state index >= 15 is 0 Å². The van der Waals surface area contributed by atoms with E-state index in [1.807, 2.05) is 25.1 Å². The normalized spacial score (nSPS) is 10.7. The topological polar surface area (TPSA) is 54.9 Å². The summed E-state index contributed by atoms with van der Waals surface area (Å²) in [6, 6.07) is 14.4. The van der Waals surface area contributed by atoms with Gasteiger partial charge in [-0.15, -0.1) is 24.0 Å². The Hall–Kier alpha value is -1.96. The van der Waals surface area contributed by atoms with Crippen LogP contribution in [0.25, 0.3) is 0 Å². The molecule has 5 nitrogen and oxygen atoms in total. The zero-order valence-electron chi connectivity index (χ0n) is 16.5. The van der Waals surface area contributed by atoms with Gasteiger partial charge in [0.1, 0.15) is 11.5 Å². The lowest BCUT2D eigenvalue weighted by Gasteiger charge is -2.14. The number of aliphatic imine (C=N–C) groups is 1. The zero-order chi connectivity index (χ0) is 18.8. The zero-order valence-corrected chi connectivity index (χ0v) is 18.9. The third-order valence-electron chi connectivity index (χ3n) is 4.03. The van der Waals surface area contributed by atoms with Gasteiger partial charge >= 0.3 is 0 Å². The van der Waals surface area contributed by atoms with Gasteiger partial charge in [0, 0.05) is 25.7 Å². The molecule has 0 aliphatic rings. The smallest absolute Gasteiger partial charge is 0.191 e. The van der Waals surface area contributed by atoms with Gasteiger partial charge in [0.15, 0.2) is 5.96 Å². The highest BCUT2D eigenvalue weighted by Crippen LogP contribution is 2.19. The van der Waals surface area contributed by atoms with Gasteiger partial charge in [0.2, 0.25) is 0 Å². The van der Waals surface area contributed by atoms with E-state index in [0.717, 1.165) is 36.0 Å². The molecule has 0 heterocycles. The van der Waals surface area contributed by atoms with Crippen LogP contribution in [0.3, 0.4) is 0 Å². The van der Waals surface area contributed by atoms with Crippen LogP contribution in [0.15, 0.2) is 47.5 Å². The van der Waals surface area contributed by atoms with Crippen molar-refractivity contribution in [3.8, 4) is 11.5 Å². The lowest BCUT2D eigenvalue weighted by atomic mass is 10.1. The molecule has 0 spiro atoms. The summed E-state index contributed by atoms with van der Waals surface area (Å²) < 4.78 is 11.0. The monoisotopic (exact) mass is 483 g/mol. The minimum Gasteiger partial charge on any atom is -0.496 e. The maximum Gasteiger partial charge on any atom is 0.191 e. The molecule has 0 saturated carbocycles. The number of nitrogens with one attached hydrogen (secondary N) is 2. The van der Waals surface area contributed by atoms with Crippen molar-refractivity contribution in [1.82, 2.24) is 10.6 Å². The van der Waals surface area contributed by atoms with Gasteiger partial charge in [0.25, 0.3) is 0 Å². The minimum atomic E-state index is 0. The maximum atomic E-state index is 5.54. The Balaban J connectivity index is 0.00000364. The molecule has 2 N–H and O–H groups in total. The molecular weight excluding hydrogens is 453 g/mol. The predicted molar refractivity (Wildman–Crippen MR) is 123 cm³/mol. The molecule has 148 valence electrons. The van der Waals surface area contributed by atoms with Gasteiger partial charge in [-0.05, 0) is 49.6 Å². The molecule has 0 unspecified atom stereocenters. The summed E-state index contributed by atoms with van der Waals surface area (Å²) in [5.41, 5.74) is 3.52. The van der Waals surface area contributed by atoms with Crippen LogP contribution in [0.1, 0.15) is 23.6 Å². The van der Waals surface area contributed by atoms with Crippen molar-refractivity contribution in [2.45, 2.75) is 26.8 Å². The fourth-order valence-electron chi connectivity index (χ4n) is 2.68. The fourth-order valence-corrected chi connectivity index (χ4v) is 2.68. The average Bonchev–Trinajstić information content (AvgIpc) is 2.65. The van der Waals surface area contributed by atoms with Crippen LogP contribution >= 0.6 is 24.0 Å². The summed E-state index contributed by atoms with van der Waals surface area (Å²) in [6.45, 7) is 6.18. The van der Waals surface area contributed by atoms with Crippen molar-refractivity contribution in [3.63, 3.8) is 0 Å². The Labute approximate surface area is 179 Å². The fraction of sp³-hybridized carbons (Fsp3) is 0.381. The number of rotatable bonds is 8. The Morgan fingerprint density at radius 1 is 1.11 bits per heavy atom. The van der Waals surface area contributed by atoms with E-state index in [1.165, 1.54) is 11.1 Å². The van der Waals surface area contributed by atoms with E-state index in [-0.39, 0.29) is 24.0 Å². The number of halogens is 1. The summed E-state index contributed by atoms with van der Waals surface area (Å²) in [7, 11) is 3.47. The molecule has 0 amide bonds. The highest BCUT2D eigenvalue weighted by molar-refractivity contribution is 14.0. The molecule has 0 atom stereocenters. The number of ether oxygens (including phenoxy) is 2. The number of guanidine groups is 1. The molecule has 0 aromatic heterocycles. The first kappa shape index (κ1) is 23.1. The number of benzene rings is 2. The number of nitrogens with zero attached hydrogens (tertiary/aromatic N) is 1. The molecule has 0 fully saturated rings. The van der Waals surface area contributed by atoms with Crippen molar-refractivity contribution in [2.24, 2.45) is 4.99 Å². The maximum absolute atomic E-state index is 5.54. The SMILES string of the molecule is CCOc1cccc(CCNC(=NC)NCc2ccc(C)cc2OC)c1.I. The second-order valence-electron chi connectivity index (χ2n) is 6.00. The first-order chi connectivity index (χ1) is 12.7. The molecular formula is C21H30IN3O2. The van der Waals surface area contributed by atoms with Gasteiger partial charge in [-0.2, -0.15) is 0 Å². The summed E-state index contributed by atoms with van der Waals surface area (Å²) in [4.78, 5) is 4.28. The van der Waals surface area contributed by atoms with Gasteiger partial charge in [-0.1, -0.05) is 24.3 Å². The van der Waals surface area contributed by atoms with Gasteiger partial charge in [0.05, 0.1) is 13.7 Å². The summed E-state index contributed by atoms with van der Waals surface area (Å²) in [5, 5.41) is 6.68. The van der Waals surface area contributed by atoms with E-state index in [0.29, 0.717) is 13.2 Å². The number of methoxy groups -OCH3 is 1. The standard InChI is InChI=1S/C21H29N3O2.HI/c1-5-26-19-8-6-7-17(14-19)11-12-23-21(22-3)24-15-18-10-9-16(2)13-20(18)25-4;/h6-10,13-14H,5,11-12,15H2,1-4H3,(H2,22,23,24);1H. The molecule has 0 aliphatic carbocycles. The molecule has 6 heteroatoms. The van der Waals surface area contributed by atoms with Crippen molar-refractivity contribution in [2.75, 3.05) is 27.3 Å². The number of hydrogen-bond donors (Lipinski definition) is 2. The third kappa shape index (κ3) is 7.66. The van der Waals surface area contributed by atoms with Crippen molar-refractivity contribution in [1.29, 1.82) is 0 Å². The number of aryl methyl sites for hydroxylation is 1. The minimum absolute atomic E-state index is 0. The molecule has 2 aromatic carbocycles. The molecule has 0 saturated heterocycles. The summed E-state index contributed by atoms with van der Waals surface area (Å²) in [5.74, 6) is 2.58. The predicted octanol–water partition coefficient (Wildman–Crippen LogP) is 3.93. The molecule has 2 rings (SSSR count). The molecule has 27 heavy (non-hydrogen) atoms. The highest BCUT2D eigenvalue weighted by atomic mass is 127. The molecule has 2 aromatic rings. The molecule has 0 radical (unpaired) electrons. The molecule has 0 aliphatic heterocycles. The summed E-state index contributed by atoms with van der Waals surface area (Å²) >= 11 is 0. The van der Waals surface area contributed by atoms with Crippen LogP contribution in [0.5, 0.6) is 11.5 Å². The first-order valence-electron chi connectivity index (χ1n) is 8.96. The Morgan fingerprint density at radius 2 is 1.93 bits per heavy atom. The van der Waals surface area contributed by atoms with Crippen molar-refractivity contribution >= 4 is 29.9 Å². The first-order valence-corrected chi connectivity index (χ1v) is 8.96. The van der Waals surface area contributed by atoms with E-state index in [2.05, 4.69) is 46.8 Å². The van der Waals surface area contributed by atoms with E-state index in [4.69, 9.17) is 9.47 Å². The number of hydrogen-bond acceptors (Lipinski definition) is 3. The highest BCUT2D eigenvalue weighted by Gasteiger charge is 2.05. The largest absolute Gasteiger partial charge is 0.496 e. The van der Waals surface area contributed by atoms with E-state index in [9.17, 15) is 0 Å². The van der Waals surface area contributed by atoms with Gasteiger partial charge in [-0.25, -0.2) is 0 Å². The second kappa shape index (κ2) is 12.4. The Morgan fingerprint density at radius 3 is 2.63 bits per heavy atom. The van der Waals surface area contributed by atoms with Crippen LogP contribution in [0.4, 0.5) is 0 Å². The Kier molecular flexibility index (Phi) is 10.6. The van der Waals surface area contributed by atoms with Crippen molar-refractivity contribution < 1.29 is 9.47 Å². The quantitative estimate of drug-likeness (QED) is 0.340. The second-order valence-corrected chi connectivity index (χ2v) is 6.00. The van der Waals surface area contributed by atoms with E-state index in [1.54, 1.807) is 14.2 Å². The summed E-state index contributed by atoms with van der Waals surface area (Å²) in [6.07, 6.45) is 0.898. The Bertz CT molecular complexity index is 735. The van der Waals surface area contributed by atoms with Crippen LogP contribution < -0.4 is 20.1 Å². The van der Waals surface area contributed by atoms with Crippen LogP contribution in [0, 0.1) is 6.92 Å². The van der Waals surface area contributed by atoms with Crippen LogP contribution in [0.2, 0.25) is 0 Å². The van der Waals surface area contributed by atoms with Crippen LogP contribution in [-0.4, -0.2) is 33.3 Å². The lowest BCUT2D eigenvalue weighted by molar-refractivity contribution is 0.340.